The Morgan fingerprint density at radius 1 is 1.03 bits per heavy atom. The van der Waals surface area contributed by atoms with E-state index < -0.39 is 10.2 Å². The molecule has 1 saturated carbocycles. The molecule has 0 radical (unpaired) electrons. The lowest BCUT2D eigenvalue weighted by molar-refractivity contribution is 0.0906. The minimum Gasteiger partial charge on any atom is -0.349 e. The highest BCUT2D eigenvalue weighted by Gasteiger charge is 2.49. The van der Waals surface area contributed by atoms with Crippen molar-refractivity contribution in [2.24, 2.45) is 5.73 Å². The van der Waals surface area contributed by atoms with Gasteiger partial charge in [-0.3, -0.25) is 9.48 Å². The number of carbonyl (C=O) groups excluding carboxylic acids is 1. The Hall–Kier alpha value is -1.49. The summed E-state index contributed by atoms with van der Waals surface area (Å²) in [4.78, 5) is 12.6. The number of nitrogens with two attached hydrogens (primary N) is 1. The second-order valence-corrected chi connectivity index (χ2v) is 10.9. The minimum atomic E-state index is -3.46. The van der Waals surface area contributed by atoms with E-state index in [0.717, 1.165) is 38.5 Å². The molecule has 1 aromatic rings. The smallest absolute Gasteiger partial charge is 0.282 e. The Balaban J connectivity index is 1.23. The van der Waals surface area contributed by atoms with Crippen molar-refractivity contribution in [1.29, 1.82) is 0 Å². The van der Waals surface area contributed by atoms with Crippen LogP contribution in [0.2, 0.25) is 0 Å². The highest BCUT2D eigenvalue weighted by atomic mass is 32.2. The summed E-state index contributed by atoms with van der Waals surface area (Å²) >= 11 is 0. The van der Waals surface area contributed by atoms with Gasteiger partial charge in [0.05, 0.1) is 17.8 Å². The number of aromatic nitrogens is 2. The van der Waals surface area contributed by atoms with Gasteiger partial charge in [0.25, 0.3) is 16.1 Å². The molecule has 1 amide bonds. The molecule has 3 atom stereocenters. The molecule has 29 heavy (non-hydrogen) atoms. The summed E-state index contributed by atoms with van der Waals surface area (Å²) in [5.41, 5.74) is 6.53. The zero-order valence-corrected chi connectivity index (χ0v) is 17.4. The Kier molecular flexibility index (Phi) is 4.92. The van der Waals surface area contributed by atoms with E-state index in [2.05, 4.69) is 10.4 Å². The number of amides is 1. The van der Waals surface area contributed by atoms with Crippen LogP contribution in [0.3, 0.4) is 0 Å². The van der Waals surface area contributed by atoms with E-state index in [4.69, 9.17) is 5.73 Å². The molecular formula is C19H30N6O3S. The Bertz CT molecular complexity index is 860. The quantitative estimate of drug-likeness (QED) is 0.722. The fourth-order valence-electron chi connectivity index (χ4n) is 5.13. The Labute approximate surface area is 171 Å². The molecule has 4 fully saturated rings. The largest absolute Gasteiger partial charge is 0.349 e. The molecule has 0 aromatic carbocycles. The van der Waals surface area contributed by atoms with Gasteiger partial charge in [-0.05, 0) is 51.4 Å². The third-order valence-corrected chi connectivity index (χ3v) is 9.02. The fraction of sp³-hybridized carbons (Fsp3) is 0.789. The van der Waals surface area contributed by atoms with Crippen molar-refractivity contribution in [3.63, 3.8) is 0 Å². The number of fused-ring (bicyclic) bond motifs is 2. The van der Waals surface area contributed by atoms with Crippen molar-refractivity contribution in [1.82, 2.24) is 23.7 Å². The summed E-state index contributed by atoms with van der Waals surface area (Å²) in [5.74, 6) is -0.109. The summed E-state index contributed by atoms with van der Waals surface area (Å²) in [6.07, 6.45) is 10.2. The SMILES string of the molecule is NC1CCN(S(=O)(=O)N2[C@@H]3CC[C@H]2C[C@@H](NC(=O)c2cnn(C4CC4)c2)C3)CC1. The van der Waals surface area contributed by atoms with Crippen LogP contribution < -0.4 is 11.1 Å². The van der Waals surface area contributed by atoms with E-state index in [1.165, 1.54) is 0 Å². The van der Waals surface area contributed by atoms with Crippen molar-refractivity contribution in [2.45, 2.75) is 81.6 Å². The fourth-order valence-corrected chi connectivity index (χ4v) is 7.21. The van der Waals surface area contributed by atoms with Crippen molar-refractivity contribution in [2.75, 3.05) is 13.1 Å². The molecule has 2 bridgehead atoms. The molecule has 3 N–H and O–H groups in total. The lowest BCUT2D eigenvalue weighted by atomic mass is 9.99. The zero-order chi connectivity index (χ0) is 20.2. The molecule has 0 unspecified atom stereocenters. The van der Waals surface area contributed by atoms with Gasteiger partial charge >= 0.3 is 0 Å². The first-order valence-electron chi connectivity index (χ1n) is 10.8. The first kappa shape index (κ1) is 19.5. The van der Waals surface area contributed by atoms with Crippen LogP contribution in [0, 0.1) is 0 Å². The van der Waals surface area contributed by atoms with E-state index in [-0.39, 0.29) is 30.1 Å². The predicted octanol–water partition coefficient (Wildman–Crippen LogP) is 0.611. The van der Waals surface area contributed by atoms with Gasteiger partial charge in [0.2, 0.25) is 0 Å². The molecule has 3 saturated heterocycles. The lowest BCUT2D eigenvalue weighted by Crippen LogP contribution is -2.57. The van der Waals surface area contributed by atoms with Crippen molar-refractivity contribution < 1.29 is 13.2 Å². The van der Waals surface area contributed by atoms with E-state index in [0.29, 0.717) is 37.5 Å². The number of hydrogen-bond donors (Lipinski definition) is 2. The molecule has 10 heteroatoms. The monoisotopic (exact) mass is 422 g/mol. The van der Waals surface area contributed by atoms with E-state index in [9.17, 15) is 13.2 Å². The third kappa shape index (κ3) is 3.71. The number of rotatable bonds is 5. The van der Waals surface area contributed by atoms with E-state index >= 15 is 0 Å². The summed E-state index contributed by atoms with van der Waals surface area (Å²) < 4.78 is 31.7. The van der Waals surface area contributed by atoms with E-state index in [1.54, 1.807) is 14.8 Å². The van der Waals surface area contributed by atoms with Gasteiger partial charge in [-0.25, -0.2) is 0 Å². The van der Waals surface area contributed by atoms with Gasteiger partial charge in [-0.15, -0.1) is 0 Å². The van der Waals surface area contributed by atoms with Gasteiger partial charge < -0.3 is 11.1 Å². The molecule has 0 spiro atoms. The van der Waals surface area contributed by atoms with Crippen LogP contribution in [0.4, 0.5) is 0 Å². The topological polar surface area (TPSA) is 114 Å². The highest BCUT2D eigenvalue weighted by Crippen LogP contribution is 2.39. The van der Waals surface area contributed by atoms with Gasteiger partial charge in [-0.2, -0.15) is 22.1 Å². The Morgan fingerprint density at radius 3 is 2.28 bits per heavy atom. The van der Waals surface area contributed by atoms with Crippen molar-refractivity contribution in [3.05, 3.63) is 18.0 Å². The maximum atomic E-state index is 13.2. The predicted molar refractivity (Wildman–Crippen MR) is 107 cm³/mol. The number of piperidine rings is 2. The van der Waals surface area contributed by atoms with Crippen molar-refractivity contribution >= 4 is 16.1 Å². The molecule has 4 aliphatic rings. The molecule has 1 aliphatic carbocycles. The molecule has 3 aliphatic heterocycles. The van der Waals surface area contributed by atoms with Gasteiger partial charge in [0.15, 0.2) is 0 Å². The number of nitrogens with zero attached hydrogens (tertiary/aromatic N) is 4. The maximum Gasteiger partial charge on any atom is 0.282 e. The van der Waals surface area contributed by atoms with Crippen molar-refractivity contribution in [3.8, 4) is 0 Å². The second-order valence-electron chi connectivity index (χ2n) is 9.04. The summed E-state index contributed by atoms with van der Waals surface area (Å²) in [7, 11) is -3.46. The number of hydrogen-bond acceptors (Lipinski definition) is 5. The van der Waals surface area contributed by atoms with Crippen LogP contribution in [0.15, 0.2) is 12.4 Å². The Morgan fingerprint density at radius 2 is 1.66 bits per heavy atom. The van der Waals surface area contributed by atoms with Crippen LogP contribution in [0.25, 0.3) is 0 Å². The maximum absolute atomic E-state index is 13.2. The first-order valence-corrected chi connectivity index (χ1v) is 12.2. The first-order chi connectivity index (χ1) is 13.9. The van der Waals surface area contributed by atoms with Crippen LogP contribution in [0.5, 0.6) is 0 Å². The molecule has 5 rings (SSSR count). The summed E-state index contributed by atoms with van der Waals surface area (Å²) in [6, 6.07) is 0.488. The number of nitrogens with one attached hydrogen (secondary N) is 1. The number of carbonyl (C=O) groups is 1. The van der Waals surface area contributed by atoms with Gasteiger partial charge in [0, 0.05) is 43.5 Å². The highest BCUT2D eigenvalue weighted by molar-refractivity contribution is 7.86. The molecule has 9 nitrogen and oxygen atoms in total. The third-order valence-electron chi connectivity index (χ3n) is 6.88. The zero-order valence-electron chi connectivity index (χ0n) is 16.6. The average molecular weight is 423 g/mol. The van der Waals surface area contributed by atoms with Crippen LogP contribution >= 0.6 is 0 Å². The normalized spacial score (nSPS) is 31.8. The standard InChI is InChI=1S/C19H30N6O3S/c20-14-5-7-23(8-6-14)29(27,28)25-17-3-4-18(25)10-15(9-17)22-19(26)13-11-21-24(12-13)16-1-2-16/h11-12,14-18H,1-10,20H2,(H,22,26)/t15-,17+,18-. The molecule has 1 aromatic heterocycles. The molecular weight excluding hydrogens is 392 g/mol. The van der Waals surface area contributed by atoms with Crippen LogP contribution in [0.1, 0.15) is 67.8 Å². The average Bonchev–Trinajstić information content (AvgIpc) is 3.34. The minimum absolute atomic E-state index is 0.00510. The van der Waals surface area contributed by atoms with Crippen LogP contribution in [-0.2, 0) is 10.2 Å². The lowest BCUT2D eigenvalue weighted by Gasteiger charge is -2.41. The summed E-state index contributed by atoms with van der Waals surface area (Å²) in [5, 5.41) is 7.41. The molecule has 4 heterocycles. The van der Waals surface area contributed by atoms with Gasteiger partial charge in [0.1, 0.15) is 0 Å². The second kappa shape index (κ2) is 7.33. The molecule has 160 valence electrons. The van der Waals surface area contributed by atoms with Crippen LogP contribution in [-0.4, -0.2) is 70.0 Å². The van der Waals surface area contributed by atoms with Gasteiger partial charge in [-0.1, -0.05) is 0 Å². The summed E-state index contributed by atoms with van der Waals surface area (Å²) in [6.45, 7) is 1.01. The van der Waals surface area contributed by atoms with E-state index in [1.807, 2.05) is 10.9 Å².